The molecular weight excluding hydrogens is 374 g/mol. The van der Waals surface area contributed by atoms with Crippen LogP contribution in [0, 0.1) is 0 Å². The summed E-state index contributed by atoms with van der Waals surface area (Å²) in [7, 11) is 0. The van der Waals surface area contributed by atoms with Crippen molar-refractivity contribution in [2.45, 2.75) is 13.0 Å². The lowest BCUT2D eigenvalue weighted by Gasteiger charge is -2.06. The highest BCUT2D eigenvalue weighted by molar-refractivity contribution is 9.10. The van der Waals surface area contributed by atoms with Gasteiger partial charge in [0.25, 0.3) is 0 Å². The molecule has 0 fully saturated rings. The van der Waals surface area contributed by atoms with E-state index in [0.29, 0.717) is 0 Å². The van der Waals surface area contributed by atoms with Gasteiger partial charge in [-0.3, -0.25) is 4.79 Å². The molecule has 2 rings (SSSR count). The fourth-order valence-electron chi connectivity index (χ4n) is 1.68. The van der Waals surface area contributed by atoms with Crippen LogP contribution in [0.25, 0.3) is 0 Å². The van der Waals surface area contributed by atoms with Crippen molar-refractivity contribution in [2.75, 3.05) is 0 Å². The first-order valence-corrected chi connectivity index (χ1v) is 6.23. The van der Waals surface area contributed by atoms with Gasteiger partial charge in [0, 0.05) is 18.6 Å². The molecule has 0 bridgehead atoms. The third-order valence-electron chi connectivity index (χ3n) is 2.67. The van der Waals surface area contributed by atoms with Crippen LogP contribution in [0.3, 0.4) is 0 Å². The smallest absolute Gasteiger partial charge is 0.230 e. The molecule has 1 atom stereocenters. The molecule has 3 nitrogen and oxygen atoms in total. The predicted octanol–water partition coefficient (Wildman–Crippen LogP) is 2.93. The fourth-order valence-corrected chi connectivity index (χ4v) is 2.07. The summed E-state index contributed by atoms with van der Waals surface area (Å²) in [5.74, 6) is 0.119. The number of carbonyl (C=O) groups is 1. The quantitative estimate of drug-likeness (QED) is 0.588. The molecule has 1 unspecified atom stereocenters. The number of aromatic nitrogens is 1. The molecule has 0 radical (unpaired) electrons. The summed E-state index contributed by atoms with van der Waals surface area (Å²) in [6.45, 7) is 1.90. The van der Waals surface area contributed by atoms with Gasteiger partial charge in [-0.05, 0) is 22.0 Å². The van der Waals surface area contributed by atoms with Crippen LogP contribution >= 0.6 is 32.9 Å². The van der Waals surface area contributed by atoms with Crippen molar-refractivity contribution in [1.82, 2.24) is 0 Å². The second-order valence-corrected chi connectivity index (χ2v) is 4.79. The van der Waals surface area contributed by atoms with Crippen molar-refractivity contribution < 1.29 is 14.8 Å². The lowest BCUT2D eigenvalue weighted by molar-refractivity contribution is -0.705. The lowest BCUT2D eigenvalue weighted by Crippen LogP contribution is -2.41. The first-order chi connectivity index (χ1) is 8.18. The Morgan fingerprint density at radius 1 is 1.16 bits per heavy atom. The summed E-state index contributed by atoms with van der Waals surface area (Å²) < 4.78 is 2.87. The normalized spacial score (nSPS) is 10.8. The molecule has 0 saturated carbocycles. The van der Waals surface area contributed by atoms with Crippen LogP contribution in [-0.4, -0.2) is 11.3 Å². The highest BCUT2D eigenvalue weighted by Gasteiger charge is 2.22. The van der Waals surface area contributed by atoms with Gasteiger partial charge in [-0.1, -0.05) is 30.3 Å². The van der Waals surface area contributed by atoms with E-state index in [-0.39, 0.29) is 34.3 Å². The molecular formula is C14H16Br2NO2+. The molecule has 0 saturated heterocycles. The second kappa shape index (κ2) is 8.19. The number of nitrogens with zero attached hydrogens (tertiary/aromatic N) is 1. The molecule has 1 heterocycles. The number of pyridine rings is 1. The van der Waals surface area contributed by atoms with Crippen molar-refractivity contribution in [3.05, 3.63) is 64.9 Å². The van der Waals surface area contributed by atoms with Gasteiger partial charge in [0.1, 0.15) is 0 Å². The minimum Gasteiger partial charge on any atom is -0.412 e. The Bertz CT molecular complexity index is 532. The van der Waals surface area contributed by atoms with Gasteiger partial charge in [0.15, 0.2) is 12.4 Å². The summed E-state index contributed by atoms with van der Waals surface area (Å²) >= 11 is 3.40. The number of rotatable bonds is 3. The third kappa shape index (κ3) is 4.53. The van der Waals surface area contributed by atoms with Crippen LogP contribution in [0.4, 0.5) is 0 Å². The largest absolute Gasteiger partial charge is 0.412 e. The molecule has 1 aromatic heterocycles. The Morgan fingerprint density at radius 3 is 2.37 bits per heavy atom. The second-order valence-electron chi connectivity index (χ2n) is 3.88. The monoisotopic (exact) mass is 388 g/mol. The number of hydrogen-bond acceptors (Lipinski definition) is 1. The van der Waals surface area contributed by atoms with Crippen LogP contribution in [0.5, 0.6) is 0 Å². The zero-order chi connectivity index (χ0) is 12.3. The average Bonchev–Trinajstić information content (AvgIpc) is 2.38. The Balaban J connectivity index is 0.00000162. The van der Waals surface area contributed by atoms with Gasteiger partial charge in [-0.2, -0.15) is 4.57 Å². The summed E-state index contributed by atoms with van der Waals surface area (Å²) in [4.78, 5) is 12.2. The third-order valence-corrected chi connectivity index (χ3v) is 3.14. The minimum absolute atomic E-state index is 0. The predicted molar refractivity (Wildman–Crippen MR) is 83.8 cm³/mol. The fraction of sp³-hybridized carbons (Fsp3) is 0.143. The van der Waals surface area contributed by atoms with Crippen molar-refractivity contribution in [3.8, 4) is 0 Å². The van der Waals surface area contributed by atoms with Gasteiger partial charge in [0.2, 0.25) is 11.8 Å². The van der Waals surface area contributed by atoms with E-state index in [9.17, 15) is 4.79 Å². The Kier molecular flexibility index (Phi) is 7.75. The molecule has 0 spiro atoms. The molecule has 0 aliphatic rings. The molecule has 2 N–H and O–H groups in total. The topological polar surface area (TPSA) is 52.5 Å². The number of carbonyl (C=O) groups excluding carboxylic acids is 1. The van der Waals surface area contributed by atoms with E-state index < -0.39 is 0 Å². The van der Waals surface area contributed by atoms with E-state index >= 15 is 0 Å². The van der Waals surface area contributed by atoms with Gasteiger partial charge in [-0.25, -0.2) is 0 Å². The molecule has 19 heavy (non-hydrogen) atoms. The lowest BCUT2D eigenvalue weighted by atomic mass is 10.1. The summed E-state index contributed by atoms with van der Waals surface area (Å²) in [5.41, 5.74) is 0.743. The standard InChI is InChI=1S/C14H13BrNO.BrH.H2O/c1-11(16-9-5-8-13(15)10-16)14(17)12-6-3-2-4-7-12;;/h2-11H,1H3;1H;1H2/q+1;;. The number of halogens is 2. The molecule has 0 aliphatic heterocycles. The molecule has 0 amide bonds. The molecule has 5 heteroatoms. The maximum atomic E-state index is 12.2. The maximum absolute atomic E-state index is 12.2. The Morgan fingerprint density at radius 2 is 1.79 bits per heavy atom. The van der Waals surface area contributed by atoms with Crippen LogP contribution in [0.2, 0.25) is 0 Å². The minimum atomic E-state index is -0.199. The molecule has 2 aromatic rings. The summed E-state index contributed by atoms with van der Waals surface area (Å²) in [6, 6.07) is 13.0. The van der Waals surface area contributed by atoms with Crippen molar-refractivity contribution in [1.29, 1.82) is 0 Å². The number of ketones is 1. The van der Waals surface area contributed by atoms with Gasteiger partial charge in [0.05, 0.1) is 4.47 Å². The number of hydrogen-bond donors (Lipinski definition) is 0. The van der Waals surface area contributed by atoms with E-state index in [1.54, 1.807) is 0 Å². The SMILES string of the molecule is Br.CC(C(=O)c1ccccc1)[n+]1cccc(Br)c1.O. The first-order valence-electron chi connectivity index (χ1n) is 5.44. The Hall–Kier alpha value is -1.04. The van der Waals surface area contributed by atoms with Crippen LogP contribution in [-0.2, 0) is 0 Å². The van der Waals surface area contributed by atoms with E-state index in [4.69, 9.17) is 0 Å². The van der Waals surface area contributed by atoms with Gasteiger partial charge >= 0.3 is 0 Å². The van der Waals surface area contributed by atoms with Crippen LogP contribution in [0.1, 0.15) is 23.3 Å². The van der Waals surface area contributed by atoms with Gasteiger partial charge in [-0.15, -0.1) is 17.0 Å². The first kappa shape index (κ1) is 18.0. The van der Waals surface area contributed by atoms with E-state index in [0.717, 1.165) is 10.0 Å². The van der Waals surface area contributed by atoms with Crippen molar-refractivity contribution in [2.24, 2.45) is 0 Å². The van der Waals surface area contributed by atoms with Crippen molar-refractivity contribution >= 4 is 38.7 Å². The van der Waals surface area contributed by atoms with Crippen LogP contribution < -0.4 is 4.57 Å². The Labute approximate surface area is 131 Å². The highest BCUT2D eigenvalue weighted by atomic mass is 79.9. The molecule has 0 aliphatic carbocycles. The number of Topliss-reactive ketones (excluding diaryl/α,β-unsaturated/α-hetero) is 1. The van der Waals surface area contributed by atoms with E-state index in [1.807, 2.05) is 66.3 Å². The van der Waals surface area contributed by atoms with E-state index in [2.05, 4.69) is 15.9 Å². The number of benzene rings is 1. The molecule has 1 aromatic carbocycles. The average molecular weight is 390 g/mol. The summed E-state index contributed by atoms with van der Waals surface area (Å²) in [5, 5.41) is 0. The van der Waals surface area contributed by atoms with Crippen LogP contribution in [0.15, 0.2) is 59.3 Å². The zero-order valence-electron chi connectivity index (χ0n) is 10.4. The zero-order valence-corrected chi connectivity index (χ0v) is 13.7. The van der Waals surface area contributed by atoms with Crippen molar-refractivity contribution in [3.63, 3.8) is 0 Å². The molecule has 102 valence electrons. The maximum Gasteiger partial charge on any atom is 0.230 e. The van der Waals surface area contributed by atoms with E-state index in [1.165, 1.54) is 0 Å². The highest BCUT2D eigenvalue weighted by Crippen LogP contribution is 2.10. The van der Waals surface area contributed by atoms with Gasteiger partial charge < -0.3 is 5.48 Å². The summed E-state index contributed by atoms with van der Waals surface area (Å²) in [6.07, 6.45) is 3.81.